The van der Waals surface area contributed by atoms with Crippen LogP contribution in [0.1, 0.15) is 23.0 Å². The topological polar surface area (TPSA) is 74.4 Å². The van der Waals surface area contributed by atoms with Crippen molar-refractivity contribution in [2.24, 2.45) is 5.73 Å². The van der Waals surface area contributed by atoms with E-state index in [1.165, 1.54) is 0 Å². The number of aromatic nitrogens is 1. The van der Waals surface area contributed by atoms with E-state index in [0.29, 0.717) is 9.13 Å². The van der Waals surface area contributed by atoms with Crippen LogP contribution in [0.25, 0.3) is 0 Å². The number of ether oxygens (including phenoxy) is 2. The fourth-order valence-electron chi connectivity index (χ4n) is 1.25. The Hall–Kier alpha value is -1.10. The maximum absolute atomic E-state index is 12.1. The van der Waals surface area contributed by atoms with E-state index < -0.39 is 18.2 Å². The lowest BCUT2D eigenvalue weighted by molar-refractivity contribution is -0.276. The van der Waals surface area contributed by atoms with Crippen LogP contribution in [0.5, 0.6) is 5.88 Å². The van der Waals surface area contributed by atoms with Crippen molar-refractivity contribution in [3.8, 4) is 5.88 Å². The van der Waals surface area contributed by atoms with Crippen LogP contribution in [0, 0.1) is 3.57 Å². The van der Waals surface area contributed by atoms with Gasteiger partial charge in [-0.3, -0.25) is 0 Å². The van der Waals surface area contributed by atoms with Gasteiger partial charge >= 0.3 is 12.3 Å². The second kappa shape index (κ2) is 6.37. The first-order chi connectivity index (χ1) is 8.78. The van der Waals surface area contributed by atoms with Gasteiger partial charge in [-0.25, -0.2) is 9.78 Å². The van der Waals surface area contributed by atoms with Gasteiger partial charge in [0.2, 0.25) is 5.88 Å². The summed E-state index contributed by atoms with van der Waals surface area (Å²) in [6.07, 6.45) is -4.88. The zero-order valence-corrected chi connectivity index (χ0v) is 11.9. The normalized spacial score (nSPS) is 11.3. The van der Waals surface area contributed by atoms with Crippen molar-refractivity contribution in [3.05, 3.63) is 20.9 Å². The summed E-state index contributed by atoms with van der Waals surface area (Å²) in [5.74, 6) is -1.56. The minimum atomic E-state index is -4.88. The molecule has 1 aromatic heterocycles. The average molecular weight is 390 g/mol. The van der Waals surface area contributed by atoms with Crippen molar-refractivity contribution in [2.75, 3.05) is 6.61 Å². The molecule has 0 aromatic carbocycles. The summed E-state index contributed by atoms with van der Waals surface area (Å²) in [6, 6.07) is 1.05. The predicted octanol–water partition coefficient (Wildman–Crippen LogP) is 2.22. The van der Waals surface area contributed by atoms with Crippen molar-refractivity contribution in [3.63, 3.8) is 0 Å². The Morgan fingerprint density at radius 3 is 2.63 bits per heavy atom. The number of carbonyl (C=O) groups is 1. The van der Waals surface area contributed by atoms with Gasteiger partial charge in [0.15, 0.2) is 5.69 Å². The third-order valence-electron chi connectivity index (χ3n) is 1.94. The highest BCUT2D eigenvalue weighted by atomic mass is 127. The molecule has 0 aliphatic rings. The van der Waals surface area contributed by atoms with Gasteiger partial charge in [0.1, 0.15) is 0 Å². The third kappa shape index (κ3) is 4.49. The number of nitrogens with two attached hydrogens (primary N) is 1. The standard InChI is InChI=1S/C10H10F3IN2O3/c1-2-18-9(17)8-5(4-15)6(14)3-7(16-8)19-10(11,12)13/h3H,2,4,15H2,1H3. The number of esters is 1. The lowest BCUT2D eigenvalue weighted by Gasteiger charge is -2.13. The van der Waals surface area contributed by atoms with Crippen molar-refractivity contribution >= 4 is 28.6 Å². The van der Waals surface area contributed by atoms with E-state index in [-0.39, 0.29) is 18.8 Å². The number of hydrogen-bond donors (Lipinski definition) is 1. The zero-order chi connectivity index (χ0) is 14.6. The van der Waals surface area contributed by atoms with Gasteiger partial charge in [0.05, 0.1) is 6.61 Å². The van der Waals surface area contributed by atoms with Crippen LogP contribution < -0.4 is 10.5 Å². The number of alkyl halides is 3. The van der Waals surface area contributed by atoms with Crippen molar-refractivity contribution in [1.82, 2.24) is 4.98 Å². The Morgan fingerprint density at radius 2 is 2.16 bits per heavy atom. The number of hydrogen-bond acceptors (Lipinski definition) is 5. The summed E-state index contributed by atoms with van der Waals surface area (Å²) in [5.41, 5.74) is 5.49. The molecule has 1 aromatic rings. The van der Waals surface area contributed by atoms with E-state index in [1.807, 2.05) is 0 Å². The largest absolute Gasteiger partial charge is 0.574 e. The van der Waals surface area contributed by atoms with Crippen molar-refractivity contribution < 1.29 is 27.4 Å². The van der Waals surface area contributed by atoms with Gasteiger partial charge in [0.25, 0.3) is 0 Å². The maximum Gasteiger partial charge on any atom is 0.574 e. The first-order valence-electron chi connectivity index (χ1n) is 5.10. The number of halogens is 4. The molecule has 2 N–H and O–H groups in total. The molecule has 1 heterocycles. The van der Waals surface area contributed by atoms with Gasteiger partial charge in [0, 0.05) is 21.7 Å². The third-order valence-corrected chi connectivity index (χ3v) is 2.90. The van der Waals surface area contributed by atoms with Crippen LogP contribution in [-0.4, -0.2) is 23.9 Å². The summed E-state index contributed by atoms with van der Waals surface area (Å²) in [6.45, 7) is 1.60. The molecule has 106 valence electrons. The Kier molecular flexibility index (Phi) is 5.35. The minimum Gasteiger partial charge on any atom is -0.461 e. The van der Waals surface area contributed by atoms with Gasteiger partial charge in [-0.15, -0.1) is 13.2 Å². The summed E-state index contributed by atoms with van der Waals surface area (Å²) in [4.78, 5) is 15.1. The lowest BCUT2D eigenvalue weighted by Crippen LogP contribution is -2.21. The minimum absolute atomic E-state index is 0.0499. The van der Waals surface area contributed by atoms with Crippen LogP contribution in [0.15, 0.2) is 6.07 Å². The molecule has 0 aliphatic carbocycles. The van der Waals surface area contributed by atoms with E-state index in [0.717, 1.165) is 6.07 Å². The monoisotopic (exact) mass is 390 g/mol. The lowest BCUT2D eigenvalue weighted by atomic mass is 10.2. The first kappa shape index (κ1) is 16.0. The van der Waals surface area contributed by atoms with Crippen molar-refractivity contribution in [2.45, 2.75) is 19.8 Å². The highest BCUT2D eigenvalue weighted by molar-refractivity contribution is 14.1. The molecular formula is C10H10F3IN2O3. The van der Waals surface area contributed by atoms with E-state index >= 15 is 0 Å². The molecule has 0 saturated carbocycles. The van der Waals surface area contributed by atoms with E-state index in [4.69, 9.17) is 10.5 Å². The fourth-order valence-corrected chi connectivity index (χ4v) is 1.99. The molecule has 19 heavy (non-hydrogen) atoms. The highest BCUT2D eigenvalue weighted by Crippen LogP contribution is 2.26. The summed E-state index contributed by atoms with van der Waals surface area (Å²) in [5, 5.41) is 0. The SMILES string of the molecule is CCOC(=O)c1nc(OC(F)(F)F)cc(I)c1CN. The molecule has 0 amide bonds. The van der Waals surface area contributed by atoms with Gasteiger partial charge in [-0.05, 0) is 29.5 Å². The maximum atomic E-state index is 12.1. The smallest absolute Gasteiger partial charge is 0.461 e. The Labute approximate surface area is 120 Å². The van der Waals surface area contributed by atoms with Crippen molar-refractivity contribution in [1.29, 1.82) is 0 Å². The molecule has 5 nitrogen and oxygen atoms in total. The summed E-state index contributed by atoms with van der Waals surface area (Å²) < 4.78 is 45.1. The molecule has 0 aliphatic heterocycles. The van der Waals surface area contributed by atoms with E-state index in [9.17, 15) is 18.0 Å². The molecule has 0 unspecified atom stereocenters. The quantitative estimate of drug-likeness (QED) is 0.631. The predicted molar refractivity (Wildman–Crippen MR) is 67.5 cm³/mol. The molecule has 0 bridgehead atoms. The molecule has 0 saturated heterocycles. The van der Waals surface area contributed by atoms with Gasteiger partial charge in [-0.2, -0.15) is 0 Å². The van der Waals surface area contributed by atoms with E-state index in [1.54, 1.807) is 29.5 Å². The molecule has 0 spiro atoms. The molecule has 9 heteroatoms. The Morgan fingerprint density at radius 1 is 1.53 bits per heavy atom. The number of rotatable bonds is 4. The molecule has 1 rings (SSSR count). The van der Waals surface area contributed by atoms with Gasteiger partial charge < -0.3 is 15.2 Å². The highest BCUT2D eigenvalue weighted by Gasteiger charge is 2.33. The number of carbonyl (C=O) groups excluding carboxylic acids is 1. The first-order valence-corrected chi connectivity index (χ1v) is 6.18. The summed E-state index contributed by atoms with van der Waals surface area (Å²) in [7, 11) is 0. The zero-order valence-electron chi connectivity index (χ0n) is 9.75. The molecular weight excluding hydrogens is 380 g/mol. The van der Waals surface area contributed by atoms with Crippen LogP contribution in [0.2, 0.25) is 0 Å². The molecule has 0 radical (unpaired) electrons. The molecule has 0 fully saturated rings. The van der Waals surface area contributed by atoms with Crippen LogP contribution >= 0.6 is 22.6 Å². The number of pyridine rings is 1. The average Bonchev–Trinajstić information content (AvgIpc) is 2.26. The Bertz CT molecular complexity index is 480. The fraction of sp³-hybridized carbons (Fsp3) is 0.400. The second-order valence-electron chi connectivity index (χ2n) is 3.24. The van der Waals surface area contributed by atoms with Gasteiger partial charge in [-0.1, -0.05) is 0 Å². The summed E-state index contributed by atoms with van der Waals surface area (Å²) >= 11 is 1.75. The Balaban J connectivity index is 3.22. The second-order valence-corrected chi connectivity index (χ2v) is 4.40. The number of nitrogens with zero attached hydrogens (tertiary/aromatic N) is 1. The van der Waals surface area contributed by atoms with Crippen LogP contribution in [0.3, 0.4) is 0 Å². The van der Waals surface area contributed by atoms with Crippen LogP contribution in [0.4, 0.5) is 13.2 Å². The van der Waals surface area contributed by atoms with Crippen LogP contribution in [-0.2, 0) is 11.3 Å². The molecule has 0 atom stereocenters. The van der Waals surface area contributed by atoms with E-state index in [2.05, 4.69) is 9.72 Å².